The Morgan fingerprint density at radius 2 is 2.20 bits per heavy atom. The summed E-state index contributed by atoms with van der Waals surface area (Å²) >= 11 is 0. The van der Waals surface area contributed by atoms with Gasteiger partial charge in [0.05, 0.1) is 6.26 Å². The van der Waals surface area contributed by atoms with Crippen LogP contribution in [-0.4, -0.2) is 24.0 Å². The van der Waals surface area contributed by atoms with Crippen molar-refractivity contribution < 1.29 is 9.21 Å². The topological polar surface area (TPSA) is 54.3 Å². The highest BCUT2D eigenvalue weighted by atomic mass is 35.5. The largest absolute Gasteiger partial charge is 0.464 e. The van der Waals surface area contributed by atoms with Gasteiger partial charge in [-0.05, 0) is 43.5 Å². The summed E-state index contributed by atoms with van der Waals surface area (Å²) in [6, 6.07) is 8.79. The van der Waals surface area contributed by atoms with Gasteiger partial charge in [-0.2, -0.15) is 0 Å². The molecular weight excluding hydrogens is 276 g/mol. The minimum Gasteiger partial charge on any atom is -0.464 e. The maximum atomic E-state index is 12.3. The lowest BCUT2D eigenvalue weighted by Gasteiger charge is -2.21. The van der Waals surface area contributed by atoms with Gasteiger partial charge in [-0.15, -0.1) is 12.4 Å². The van der Waals surface area contributed by atoms with Gasteiger partial charge in [0.25, 0.3) is 5.91 Å². The number of hydrogen-bond acceptors (Lipinski definition) is 3. The molecule has 1 amide bonds. The summed E-state index contributed by atoms with van der Waals surface area (Å²) in [5, 5.41) is 7.65. The Morgan fingerprint density at radius 3 is 2.95 bits per heavy atom. The smallest absolute Gasteiger partial charge is 0.251 e. The molecule has 4 rings (SSSR count). The van der Waals surface area contributed by atoms with Crippen molar-refractivity contribution in [3.05, 3.63) is 36.1 Å². The molecule has 0 aliphatic carbocycles. The summed E-state index contributed by atoms with van der Waals surface area (Å²) < 4.78 is 5.28. The molecule has 20 heavy (non-hydrogen) atoms. The summed E-state index contributed by atoms with van der Waals surface area (Å²) in [6.07, 6.45) is 5.13. The van der Waals surface area contributed by atoms with E-state index in [2.05, 4.69) is 10.6 Å². The first-order chi connectivity index (χ1) is 9.29. The number of fused-ring (bicyclic) bond motifs is 3. The number of amides is 1. The van der Waals surface area contributed by atoms with Gasteiger partial charge in [-0.25, -0.2) is 0 Å². The third-order valence-electron chi connectivity index (χ3n) is 4.33. The molecule has 1 aromatic heterocycles. The Morgan fingerprint density at radius 1 is 1.30 bits per heavy atom. The zero-order chi connectivity index (χ0) is 12.8. The Balaban J connectivity index is 0.00000121. The molecule has 2 N–H and O–H groups in total. The van der Waals surface area contributed by atoms with Crippen LogP contribution in [0.15, 0.2) is 34.9 Å². The summed E-state index contributed by atoms with van der Waals surface area (Å²) in [7, 11) is 0. The number of hydrogen-bond donors (Lipinski definition) is 2. The van der Waals surface area contributed by atoms with Crippen molar-refractivity contribution in [2.45, 2.75) is 37.4 Å². The SMILES string of the molecule is Cl.O=C(N[C@@H]1CC2CCC1N2)c1ccc2occc2c1. The molecular formula is C15H17ClN2O2. The van der Waals surface area contributed by atoms with Gasteiger partial charge in [-0.1, -0.05) is 0 Å². The summed E-state index contributed by atoms with van der Waals surface area (Å²) in [5.41, 5.74) is 1.52. The van der Waals surface area contributed by atoms with E-state index in [1.54, 1.807) is 6.26 Å². The minimum atomic E-state index is 0. The van der Waals surface area contributed by atoms with Crippen molar-refractivity contribution in [3.63, 3.8) is 0 Å². The lowest BCUT2D eigenvalue weighted by Crippen LogP contribution is -2.42. The predicted molar refractivity (Wildman–Crippen MR) is 79.3 cm³/mol. The van der Waals surface area contributed by atoms with Crippen LogP contribution >= 0.6 is 12.4 Å². The Bertz CT molecular complexity index is 640. The van der Waals surface area contributed by atoms with Crippen LogP contribution in [-0.2, 0) is 0 Å². The predicted octanol–water partition coefficient (Wildman–Crippen LogP) is 2.48. The monoisotopic (exact) mass is 292 g/mol. The van der Waals surface area contributed by atoms with Crippen molar-refractivity contribution in [2.75, 3.05) is 0 Å². The number of furan rings is 1. The fraction of sp³-hybridized carbons (Fsp3) is 0.400. The maximum Gasteiger partial charge on any atom is 0.251 e. The third-order valence-corrected chi connectivity index (χ3v) is 4.33. The lowest BCUT2D eigenvalue weighted by atomic mass is 9.95. The van der Waals surface area contributed by atoms with Crippen molar-refractivity contribution >= 4 is 29.3 Å². The zero-order valence-electron chi connectivity index (χ0n) is 11.0. The molecule has 0 radical (unpaired) electrons. The molecule has 2 unspecified atom stereocenters. The van der Waals surface area contributed by atoms with Crippen molar-refractivity contribution in [1.29, 1.82) is 0 Å². The molecule has 3 heterocycles. The van der Waals surface area contributed by atoms with Crippen molar-refractivity contribution in [2.24, 2.45) is 0 Å². The minimum absolute atomic E-state index is 0. The molecule has 0 saturated carbocycles. The van der Waals surface area contributed by atoms with Crippen LogP contribution in [0.1, 0.15) is 29.6 Å². The average molecular weight is 293 g/mol. The van der Waals surface area contributed by atoms with Gasteiger partial charge in [0.2, 0.25) is 0 Å². The molecule has 2 aromatic rings. The number of nitrogens with one attached hydrogen (secondary N) is 2. The Hall–Kier alpha value is -1.52. The van der Waals surface area contributed by atoms with E-state index in [0.29, 0.717) is 17.6 Å². The van der Waals surface area contributed by atoms with Gasteiger partial charge in [-0.3, -0.25) is 4.79 Å². The number of halogens is 1. The Labute approximate surface area is 123 Å². The van der Waals surface area contributed by atoms with E-state index in [0.717, 1.165) is 17.4 Å². The second-order valence-corrected chi connectivity index (χ2v) is 5.54. The first-order valence-corrected chi connectivity index (χ1v) is 6.84. The van der Waals surface area contributed by atoms with Gasteiger partial charge >= 0.3 is 0 Å². The summed E-state index contributed by atoms with van der Waals surface area (Å²) in [6.45, 7) is 0. The third kappa shape index (κ3) is 2.19. The van der Waals surface area contributed by atoms with Crippen molar-refractivity contribution in [3.8, 4) is 0 Å². The summed E-state index contributed by atoms with van der Waals surface area (Å²) in [5.74, 6) is 0.0162. The van der Waals surface area contributed by atoms with Crippen LogP contribution in [0.2, 0.25) is 0 Å². The van der Waals surface area contributed by atoms with Crippen LogP contribution in [0, 0.1) is 0 Å². The van der Waals surface area contributed by atoms with Crippen LogP contribution in [0.5, 0.6) is 0 Å². The van der Waals surface area contributed by atoms with E-state index >= 15 is 0 Å². The van der Waals surface area contributed by atoms with Gasteiger partial charge in [0.15, 0.2) is 0 Å². The average Bonchev–Trinajstić information content (AvgIpc) is 3.13. The molecule has 0 spiro atoms. The van der Waals surface area contributed by atoms with E-state index in [1.165, 1.54) is 12.8 Å². The first-order valence-electron chi connectivity index (χ1n) is 6.84. The molecule has 106 valence electrons. The van der Waals surface area contributed by atoms with Crippen LogP contribution < -0.4 is 10.6 Å². The quantitative estimate of drug-likeness (QED) is 0.894. The zero-order valence-corrected chi connectivity index (χ0v) is 11.8. The Kier molecular flexibility index (Phi) is 3.44. The van der Waals surface area contributed by atoms with Crippen molar-refractivity contribution in [1.82, 2.24) is 10.6 Å². The van der Waals surface area contributed by atoms with E-state index < -0.39 is 0 Å². The normalized spacial score (nSPS) is 27.5. The maximum absolute atomic E-state index is 12.3. The number of carbonyl (C=O) groups is 1. The number of rotatable bonds is 2. The van der Waals surface area contributed by atoms with E-state index in [4.69, 9.17) is 4.42 Å². The van der Waals surface area contributed by atoms with Crippen LogP contribution in [0.25, 0.3) is 11.0 Å². The van der Waals surface area contributed by atoms with E-state index in [-0.39, 0.29) is 24.4 Å². The molecule has 2 fully saturated rings. The highest BCUT2D eigenvalue weighted by molar-refractivity contribution is 5.97. The molecule has 5 heteroatoms. The molecule has 2 bridgehead atoms. The standard InChI is InChI=1S/C15H16N2O2.ClH/c18-15(17-13-8-11-2-3-12(13)16-11)10-1-4-14-9(7-10)5-6-19-14;/h1,4-7,11-13,16H,2-3,8H2,(H,17,18);1H/t11?,12?,13-;/m1./s1. The van der Waals surface area contributed by atoms with Gasteiger partial charge in [0.1, 0.15) is 5.58 Å². The molecule has 2 aliphatic heterocycles. The molecule has 4 nitrogen and oxygen atoms in total. The highest BCUT2D eigenvalue weighted by Gasteiger charge is 2.39. The van der Waals surface area contributed by atoms with Crippen LogP contribution in [0.3, 0.4) is 0 Å². The number of carbonyl (C=O) groups excluding carboxylic acids is 1. The fourth-order valence-corrected chi connectivity index (χ4v) is 3.34. The molecule has 1 aromatic carbocycles. The number of benzene rings is 1. The van der Waals surface area contributed by atoms with Gasteiger partial charge < -0.3 is 15.1 Å². The fourth-order valence-electron chi connectivity index (χ4n) is 3.34. The van der Waals surface area contributed by atoms with E-state index in [9.17, 15) is 4.79 Å². The second-order valence-electron chi connectivity index (χ2n) is 5.54. The molecule has 2 aliphatic rings. The second kappa shape index (κ2) is 5.11. The first kappa shape index (κ1) is 13.5. The molecule has 2 saturated heterocycles. The summed E-state index contributed by atoms with van der Waals surface area (Å²) in [4.78, 5) is 12.3. The van der Waals surface area contributed by atoms with Crippen LogP contribution in [0.4, 0.5) is 0 Å². The molecule has 3 atom stereocenters. The van der Waals surface area contributed by atoms with E-state index in [1.807, 2.05) is 24.3 Å². The highest BCUT2D eigenvalue weighted by Crippen LogP contribution is 2.28. The lowest BCUT2D eigenvalue weighted by molar-refractivity contribution is 0.0931. The van der Waals surface area contributed by atoms with Gasteiger partial charge in [0, 0.05) is 29.1 Å².